The quantitative estimate of drug-likeness (QED) is 0.907. The van der Waals surface area contributed by atoms with Crippen molar-refractivity contribution in [1.82, 2.24) is 4.90 Å². The van der Waals surface area contributed by atoms with Crippen LogP contribution in [0.1, 0.15) is 30.9 Å². The Kier molecular flexibility index (Phi) is 3.46. The first kappa shape index (κ1) is 12.9. The molecule has 1 aliphatic carbocycles. The third-order valence-corrected chi connectivity index (χ3v) is 4.40. The van der Waals surface area contributed by atoms with Gasteiger partial charge in [-0.3, -0.25) is 4.90 Å². The number of hydrogen-bond acceptors (Lipinski definition) is 3. The van der Waals surface area contributed by atoms with E-state index in [1.165, 1.54) is 20.0 Å². The Balaban J connectivity index is 1.90. The Morgan fingerprint density at radius 3 is 2.74 bits per heavy atom. The number of nitrogens with two attached hydrogens (primary N) is 1. The van der Waals surface area contributed by atoms with E-state index in [2.05, 4.69) is 4.90 Å². The average molecular weight is 264 g/mol. The van der Waals surface area contributed by atoms with Gasteiger partial charge in [0.1, 0.15) is 0 Å². The van der Waals surface area contributed by atoms with Crippen LogP contribution >= 0.6 is 0 Å². The van der Waals surface area contributed by atoms with Crippen LogP contribution < -0.4 is 10.5 Å². The second-order valence-electron chi connectivity index (χ2n) is 5.59. The molecule has 2 N–H and O–H groups in total. The Morgan fingerprint density at radius 2 is 2.16 bits per heavy atom. The first-order valence-electron chi connectivity index (χ1n) is 7.04. The summed E-state index contributed by atoms with van der Waals surface area (Å²) in [7, 11) is 1.49. The van der Waals surface area contributed by atoms with Gasteiger partial charge in [0.05, 0.1) is 7.11 Å². The number of hydrogen-bond donors (Lipinski definition) is 1. The summed E-state index contributed by atoms with van der Waals surface area (Å²) in [6, 6.07) is 6.29. The van der Waals surface area contributed by atoms with Gasteiger partial charge in [0.25, 0.3) is 0 Å². The van der Waals surface area contributed by atoms with Gasteiger partial charge in [-0.25, -0.2) is 4.39 Å². The van der Waals surface area contributed by atoms with Crippen LogP contribution in [0, 0.1) is 11.7 Å². The highest BCUT2D eigenvalue weighted by Gasteiger charge is 2.42. The van der Waals surface area contributed by atoms with Gasteiger partial charge < -0.3 is 10.5 Å². The highest BCUT2D eigenvalue weighted by Crippen LogP contribution is 2.44. The summed E-state index contributed by atoms with van der Waals surface area (Å²) in [4.78, 5) is 2.51. The number of nitrogens with zero attached hydrogens (tertiary/aromatic N) is 1. The third-order valence-electron chi connectivity index (χ3n) is 4.40. The summed E-state index contributed by atoms with van der Waals surface area (Å²) >= 11 is 0. The molecule has 1 saturated carbocycles. The summed E-state index contributed by atoms with van der Waals surface area (Å²) < 4.78 is 18.9. The fourth-order valence-electron chi connectivity index (χ4n) is 3.28. The van der Waals surface area contributed by atoms with E-state index in [0.29, 0.717) is 24.3 Å². The van der Waals surface area contributed by atoms with Crippen LogP contribution in [0.5, 0.6) is 5.75 Å². The minimum atomic E-state index is -0.279. The van der Waals surface area contributed by atoms with Crippen LogP contribution in [0.4, 0.5) is 4.39 Å². The fraction of sp³-hybridized carbons (Fsp3) is 0.600. The van der Waals surface area contributed by atoms with Crippen molar-refractivity contribution >= 4 is 0 Å². The molecule has 0 radical (unpaired) electrons. The molecule has 1 aliphatic heterocycles. The van der Waals surface area contributed by atoms with Gasteiger partial charge in [-0.05, 0) is 56.0 Å². The van der Waals surface area contributed by atoms with Crippen LogP contribution in [-0.4, -0.2) is 31.1 Å². The zero-order chi connectivity index (χ0) is 13.4. The molecule has 1 saturated heterocycles. The lowest BCUT2D eigenvalue weighted by atomic mass is 9.93. The lowest BCUT2D eigenvalue weighted by Gasteiger charge is -2.28. The normalized spacial score (nSPS) is 27.7. The molecule has 0 spiro atoms. The van der Waals surface area contributed by atoms with Gasteiger partial charge in [-0.1, -0.05) is 6.07 Å². The monoisotopic (exact) mass is 264 g/mol. The van der Waals surface area contributed by atoms with Crippen LogP contribution in [0.3, 0.4) is 0 Å². The number of methoxy groups -OCH3 is 1. The molecule has 104 valence electrons. The van der Waals surface area contributed by atoms with E-state index in [-0.39, 0.29) is 11.9 Å². The molecule has 2 unspecified atom stereocenters. The van der Waals surface area contributed by atoms with Crippen molar-refractivity contribution in [1.29, 1.82) is 0 Å². The molecule has 1 heterocycles. The second-order valence-corrected chi connectivity index (χ2v) is 5.59. The van der Waals surface area contributed by atoms with Crippen LogP contribution in [0.2, 0.25) is 0 Å². The molecular weight excluding hydrogens is 243 g/mol. The molecule has 1 aromatic rings. The molecule has 4 heteroatoms. The van der Waals surface area contributed by atoms with Crippen molar-refractivity contribution in [3.8, 4) is 5.75 Å². The summed E-state index contributed by atoms with van der Waals surface area (Å²) in [6.07, 6.45) is 3.66. The lowest BCUT2D eigenvalue weighted by molar-refractivity contribution is 0.219. The fourth-order valence-corrected chi connectivity index (χ4v) is 3.28. The topological polar surface area (TPSA) is 38.5 Å². The van der Waals surface area contributed by atoms with Crippen molar-refractivity contribution < 1.29 is 9.13 Å². The Bertz CT molecular complexity index is 461. The van der Waals surface area contributed by atoms with Crippen LogP contribution in [-0.2, 0) is 0 Å². The standard InChI is InChI=1S/C15H21FN2O/c1-19-14-5-2-10(8-13(14)16)15-11(9-17)6-7-18(15)12-3-4-12/h2,5,8,11-12,15H,3-4,6-7,9,17H2,1H3. The number of ether oxygens (including phenoxy) is 1. The van der Waals surface area contributed by atoms with Gasteiger partial charge in [0.15, 0.2) is 11.6 Å². The summed E-state index contributed by atoms with van der Waals surface area (Å²) in [5, 5.41) is 0. The first-order valence-corrected chi connectivity index (χ1v) is 7.04. The molecule has 2 aliphatic rings. The van der Waals surface area contributed by atoms with E-state index in [9.17, 15) is 4.39 Å². The van der Waals surface area contributed by atoms with E-state index in [1.807, 2.05) is 6.07 Å². The Hall–Kier alpha value is -1.13. The van der Waals surface area contributed by atoms with Crippen LogP contribution in [0.25, 0.3) is 0 Å². The number of benzene rings is 1. The predicted molar refractivity (Wildman–Crippen MR) is 72.6 cm³/mol. The molecule has 2 atom stereocenters. The van der Waals surface area contributed by atoms with E-state index in [0.717, 1.165) is 18.5 Å². The van der Waals surface area contributed by atoms with Crippen molar-refractivity contribution in [2.45, 2.75) is 31.3 Å². The molecule has 3 rings (SSSR count). The van der Waals surface area contributed by atoms with E-state index in [4.69, 9.17) is 10.5 Å². The molecule has 0 amide bonds. The summed E-state index contributed by atoms with van der Waals surface area (Å²) in [5.74, 6) is 0.468. The largest absolute Gasteiger partial charge is 0.494 e. The van der Waals surface area contributed by atoms with Gasteiger partial charge in [-0.15, -0.1) is 0 Å². The SMILES string of the molecule is COc1ccc(C2C(CN)CCN2C2CC2)cc1F. The van der Waals surface area contributed by atoms with Crippen molar-refractivity contribution in [2.75, 3.05) is 20.2 Å². The first-order chi connectivity index (χ1) is 9.24. The average Bonchev–Trinajstić information content (AvgIpc) is 3.18. The molecule has 3 nitrogen and oxygen atoms in total. The maximum Gasteiger partial charge on any atom is 0.165 e. The molecular formula is C15H21FN2O. The predicted octanol–water partition coefficient (Wildman–Crippen LogP) is 2.32. The second kappa shape index (κ2) is 5.10. The number of likely N-dealkylation sites (tertiary alicyclic amines) is 1. The zero-order valence-corrected chi connectivity index (χ0v) is 11.3. The molecule has 19 heavy (non-hydrogen) atoms. The maximum atomic E-state index is 13.9. The van der Waals surface area contributed by atoms with Crippen LogP contribution in [0.15, 0.2) is 18.2 Å². The lowest BCUT2D eigenvalue weighted by Crippen LogP contribution is -2.30. The summed E-state index contributed by atoms with van der Waals surface area (Å²) in [6.45, 7) is 1.76. The molecule has 0 aromatic heterocycles. The minimum Gasteiger partial charge on any atom is -0.494 e. The molecule has 2 fully saturated rings. The van der Waals surface area contributed by atoms with Crippen molar-refractivity contribution in [2.24, 2.45) is 11.7 Å². The highest BCUT2D eigenvalue weighted by molar-refractivity contribution is 5.32. The summed E-state index contributed by atoms with van der Waals surface area (Å²) in [5.41, 5.74) is 6.93. The highest BCUT2D eigenvalue weighted by atomic mass is 19.1. The van der Waals surface area contributed by atoms with Gasteiger partial charge in [0, 0.05) is 12.1 Å². The van der Waals surface area contributed by atoms with E-state index < -0.39 is 0 Å². The third kappa shape index (κ3) is 2.35. The molecule has 1 aromatic carbocycles. The van der Waals surface area contributed by atoms with Crippen molar-refractivity contribution in [3.05, 3.63) is 29.6 Å². The minimum absolute atomic E-state index is 0.276. The van der Waals surface area contributed by atoms with Gasteiger partial charge >= 0.3 is 0 Å². The van der Waals surface area contributed by atoms with Gasteiger partial charge in [0.2, 0.25) is 0 Å². The van der Waals surface area contributed by atoms with Crippen molar-refractivity contribution in [3.63, 3.8) is 0 Å². The molecule has 0 bridgehead atoms. The van der Waals surface area contributed by atoms with E-state index in [1.54, 1.807) is 12.1 Å². The van der Waals surface area contributed by atoms with E-state index >= 15 is 0 Å². The Morgan fingerprint density at radius 1 is 1.37 bits per heavy atom. The smallest absolute Gasteiger partial charge is 0.165 e. The number of halogens is 1. The zero-order valence-electron chi connectivity index (χ0n) is 11.3. The number of rotatable bonds is 4. The van der Waals surface area contributed by atoms with Gasteiger partial charge in [-0.2, -0.15) is 0 Å². The Labute approximate surface area is 113 Å². The maximum absolute atomic E-state index is 13.9.